The number of nitrogens with zero attached hydrogens (tertiary/aromatic N) is 2. The third-order valence-corrected chi connectivity index (χ3v) is 4.24. The molecule has 10 heteroatoms. The van der Waals surface area contributed by atoms with Crippen LogP contribution in [0, 0.1) is 16.0 Å². The zero-order valence-corrected chi connectivity index (χ0v) is 14.5. The summed E-state index contributed by atoms with van der Waals surface area (Å²) >= 11 is 0. The lowest BCUT2D eigenvalue weighted by atomic mass is 9.97. The van der Waals surface area contributed by atoms with E-state index in [2.05, 4.69) is 0 Å². The summed E-state index contributed by atoms with van der Waals surface area (Å²) in [6.07, 6.45) is 0.0555. The molecular weight excluding hydrogens is 348 g/mol. The Labute approximate surface area is 149 Å². The van der Waals surface area contributed by atoms with Crippen molar-refractivity contribution >= 4 is 17.7 Å². The van der Waals surface area contributed by atoms with E-state index in [0.717, 1.165) is 0 Å². The fourth-order valence-electron chi connectivity index (χ4n) is 2.74. The number of piperidine rings is 1. The molecule has 142 valence electrons. The van der Waals surface area contributed by atoms with Gasteiger partial charge in [-0.2, -0.15) is 0 Å². The second-order valence-corrected chi connectivity index (χ2v) is 5.75. The van der Waals surface area contributed by atoms with Gasteiger partial charge in [-0.25, -0.2) is 4.79 Å². The van der Waals surface area contributed by atoms with E-state index in [-0.39, 0.29) is 42.4 Å². The molecule has 1 fully saturated rings. The standard InChI is InChI=1S/C16H20N2O8/c1-24-13-7-11(12(18(22)23)8-14(13)25-2)9-26-16(21)17-5-3-10(4-6-17)15(19)20/h7-8,10H,3-6,9H2,1-2H3,(H,19,20). The summed E-state index contributed by atoms with van der Waals surface area (Å²) in [6.45, 7) is 0.224. The molecule has 1 heterocycles. The second kappa shape index (κ2) is 8.37. The van der Waals surface area contributed by atoms with Gasteiger partial charge in [-0.3, -0.25) is 14.9 Å². The molecule has 0 unspecified atom stereocenters. The number of carbonyl (C=O) groups excluding carboxylic acids is 1. The van der Waals surface area contributed by atoms with E-state index in [1.807, 2.05) is 0 Å². The average molecular weight is 368 g/mol. The Balaban J connectivity index is 2.05. The third-order valence-electron chi connectivity index (χ3n) is 4.24. The Bertz CT molecular complexity index is 698. The highest BCUT2D eigenvalue weighted by molar-refractivity contribution is 5.71. The first-order chi connectivity index (χ1) is 12.4. The van der Waals surface area contributed by atoms with Crippen LogP contribution in [0.1, 0.15) is 18.4 Å². The summed E-state index contributed by atoms with van der Waals surface area (Å²) in [5.41, 5.74) is -0.0820. The van der Waals surface area contributed by atoms with Gasteiger partial charge in [0.2, 0.25) is 0 Å². The molecule has 0 spiro atoms. The van der Waals surface area contributed by atoms with Crippen LogP contribution in [-0.2, 0) is 16.1 Å². The Hall–Kier alpha value is -3.04. The molecule has 0 aromatic heterocycles. The number of carboxylic acids is 1. The van der Waals surface area contributed by atoms with Crippen LogP contribution in [0.3, 0.4) is 0 Å². The first kappa shape index (κ1) is 19.3. The number of nitro benzene ring substituents is 1. The fraction of sp³-hybridized carbons (Fsp3) is 0.500. The number of hydrogen-bond acceptors (Lipinski definition) is 7. The van der Waals surface area contributed by atoms with Gasteiger partial charge in [0.15, 0.2) is 11.5 Å². The van der Waals surface area contributed by atoms with Crippen molar-refractivity contribution in [2.75, 3.05) is 27.3 Å². The van der Waals surface area contributed by atoms with Crippen LogP contribution in [0.15, 0.2) is 12.1 Å². The van der Waals surface area contributed by atoms with Crippen molar-refractivity contribution in [1.82, 2.24) is 4.90 Å². The minimum atomic E-state index is -0.876. The molecule has 26 heavy (non-hydrogen) atoms. The second-order valence-electron chi connectivity index (χ2n) is 5.75. The lowest BCUT2D eigenvalue weighted by Gasteiger charge is -2.29. The molecule has 10 nitrogen and oxygen atoms in total. The van der Waals surface area contributed by atoms with Gasteiger partial charge < -0.3 is 24.2 Å². The van der Waals surface area contributed by atoms with Crippen molar-refractivity contribution in [2.45, 2.75) is 19.4 Å². The van der Waals surface area contributed by atoms with Crippen LogP contribution in [0.4, 0.5) is 10.5 Å². The summed E-state index contributed by atoms with van der Waals surface area (Å²) in [5.74, 6) is -0.860. The molecule has 0 saturated carbocycles. The monoisotopic (exact) mass is 368 g/mol. The summed E-state index contributed by atoms with van der Waals surface area (Å²) in [6, 6.07) is 2.60. The number of amides is 1. The van der Waals surface area contributed by atoms with Gasteiger partial charge >= 0.3 is 12.1 Å². The van der Waals surface area contributed by atoms with Crippen molar-refractivity contribution < 1.29 is 33.8 Å². The number of benzene rings is 1. The van der Waals surface area contributed by atoms with Crippen LogP contribution in [0.2, 0.25) is 0 Å². The number of carboxylic acid groups (broad SMARTS) is 1. The zero-order valence-electron chi connectivity index (χ0n) is 14.5. The van der Waals surface area contributed by atoms with Gasteiger partial charge in [0, 0.05) is 13.1 Å². The van der Waals surface area contributed by atoms with Gasteiger partial charge in [0.1, 0.15) is 6.61 Å². The molecule has 1 aromatic rings. The third kappa shape index (κ3) is 4.32. The molecule has 0 bridgehead atoms. The number of aliphatic carboxylic acids is 1. The number of likely N-dealkylation sites (tertiary alicyclic amines) is 1. The van der Waals surface area contributed by atoms with Crippen molar-refractivity contribution in [1.29, 1.82) is 0 Å². The van der Waals surface area contributed by atoms with Crippen molar-refractivity contribution in [3.63, 3.8) is 0 Å². The Morgan fingerprint density at radius 2 is 1.81 bits per heavy atom. The minimum absolute atomic E-state index is 0.168. The van der Waals surface area contributed by atoms with Crippen LogP contribution in [0.25, 0.3) is 0 Å². The number of methoxy groups -OCH3 is 2. The van der Waals surface area contributed by atoms with Gasteiger partial charge in [0.25, 0.3) is 5.69 Å². The van der Waals surface area contributed by atoms with Crippen LogP contribution < -0.4 is 9.47 Å². The average Bonchev–Trinajstić information content (AvgIpc) is 2.65. The maximum Gasteiger partial charge on any atom is 0.410 e. The smallest absolute Gasteiger partial charge is 0.410 e. The molecule has 2 rings (SSSR count). The predicted octanol–water partition coefficient (Wildman–Crippen LogP) is 2.05. The Morgan fingerprint density at radius 1 is 1.23 bits per heavy atom. The van der Waals surface area contributed by atoms with Gasteiger partial charge in [-0.1, -0.05) is 0 Å². The Kier molecular flexibility index (Phi) is 6.21. The fourth-order valence-corrected chi connectivity index (χ4v) is 2.74. The van der Waals surface area contributed by atoms with Crippen LogP contribution >= 0.6 is 0 Å². The highest BCUT2D eigenvalue weighted by atomic mass is 16.6. The minimum Gasteiger partial charge on any atom is -0.493 e. The molecule has 0 radical (unpaired) electrons. The molecule has 1 aromatic carbocycles. The largest absolute Gasteiger partial charge is 0.493 e. The van der Waals surface area contributed by atoms with E-state index in [1.54, 1.807) is 0 Å². The van der Waals surface area contributed by atoms with Gasteiger partial charge in [-0.05, 0) is 18.9 Å². The van der Waals surface area contributed by atoms with E-state index in [0.29, 0.717) is 12.8 Å². The maximum atomic E-state index is 12.1. The van der Waals surface area contributed by atoms with E-state index in [1.165, 1.54) is 31.3 Å². The summed E-state index contributed by atoms with van der Waals surface area (Å²) in [7, 11) is 2.76. The number of hydrogen-bond donors (Lipinski definition) is 1. The number of rotatable bonds is 6. The SMILES string of the molecule is COc1cc(COC(=O)N2CCC(C(=O)O)CC2)c([N+](=O)[O-])cc1OC. The molecule has 0 atom stereocenters. The van der Waals surface area contributed by atoms with Crippen molar-refractivity contribution in [3.8, 4) is 11.5 Å². The highest BCUT2D eigenvalue weighted by Gasteiger charge is 2.28. The molecule has 1 aliphatic rings. The van der Waals surface area contributed by atoms with Crippen molar-refractivity contribution in [2.24, 2.45) is 5.92 Å². The summed E-state index contributed by atoms with van der Waals surface area (Å²) in [4.78, 5) is 35.1. The van der Waals surface area contributed by atoms with E-state index >= 15 is 0 Å². The van der Waals surface area contributed by atoms with Gasteiger partial charge in [0.05, 0.1) is 36.7 Å². The van der Waals surface area contributed by atoms with E-state index < -0.39 is 22.9 Å². The highest BCUT2D eigenvalue weighted by Crippen LogP contribution is 2.35. The topological polar surface area (TPSA) is 128 Å². The van der Waals surface area contributed by atoms with Crippen molar-refractivity contribution in [3.05, 3.63) is 27.8 Å². The zero-order chi connectivity index (χ0) is 19.3. The maximum absolute atomic E-state index is 12.1. The molecule has 0 aliphatic carbocycles. The quantitative estimate of drug-likeness (QED) is 0.597. The Morgan fingerprint density at radius 3 is 2.31 bits per heavy atom. The predicted molar refractivity (Wildman–Crippen MR) is 88.3 cm³/mol. The van der Waals surface area contributed by atoms with Gasteiger partial charge in [-0.15, -0.1) is 0 Å². The molecule has 1 aliphatic heterocycles. The molecule has 1 amide bonds. The lowest BCUT2D eigenvalue weighted by Crippen LogP contribution is -2.40. The number of ether oxygens (including phenoxy) is 3. The van der Waals surface area contributed by atoms with E-state index in [4.69, 9.17) is 19.3 Å². The number of carbonyl (C=O) groups is 2. The summed E-state index contributed by atoms with van der Waals surface area (Å²) in [5, 5.41) is 20.2. The first-order valence-corrected chi connectivity index (χ1v) is 7.91. The lowest BCUT2D eigenvalue weighted by molar-refractivity contribution is -0.385. The first-order valence-electron chi connectivity index (χ1n) is 7.91. The molecular formula is C16H20N2O8. The molecule has 1 saturated heterocycles. The van der Waals surface area contributed by atoms with Crippen LogP contribution in [0.5, 0.6) is 11.5 Å². The van der Waals surface area contributed by atoms with E-state index in [9.17, 15) is 19.7 Å². The molecule has 1 N–H and O–H groups in total. The number of nitro groups is 1. The van der Waals surface area contributed by atoms with Crippen LogP contribution in [-0.4, -0.2) is 54.3 Å². The normalized spacial score (nSPS) is 14.6. The summed E-state index contributed by atoms with van der Waals surface area (Å²) < 4.78 is 15.3.